The molecule has 4 rings (SSSR count). The lowest BCUT2D eigenvalue weighted by atomic mass is 9.75. The number of aliphatic hydroxyl groups excluding tert-OH is 1. The van der Waals surface area contributed by atoms with E-state index in [9.17, 15) is 9.90 Å². The first-order valence-electron chi connectivity index (χ1n) is 8.73. The molecule has 8 heteroatoms. The standard InChI is InChI=1S/C17H24N6O2/c1-22-4-3-14-13(9-22)16(21-20-14)17(25)19-15(10-5-12(24)6-10)11-7-18-23(2)8-11/h7-8,10,12,15,24H,3-6,9H2,1-2H3,(H,19,25)(H,20,21)/t10?,12?,15-/m0/s1. The molecule has 0 radical (unpaired) electrons. The van der Waals surface area contributed by atoms with E-state index in [1.807, 2.05) is 20.3 Å². The van der Waals surface area contributed by atoms with Crippen LogP contribution in [0.3, 0.4) is 0 Å². The molecule has 3 heterocycles. The summed E-state index contributed by atoms with van der Waals surface area (Å²) in [5.41, 5.74) is 3.50. The van der Waals surface area contributed by atoms with Crippen molar-refractivity contribution in [2.75, 3.05) is 13.6 Å². The van der Waals surface area contributed by atoms with E-state index in [1.165, 1.54) is 0 Å². The number of carbonyl (C=O) groups is 1. The lowest BCUT2D eigenvalue weighted by Gasteiger charge is -2.37. The van der Waals surface area contributed by atoms with Crippen LogP contribution in [0.4, 0.5) is 0 Å². The number of amides is 1. The fourth-order valence-corrected chi connectivity index (χ4v) is 3.80. The van der Waals surface area contributed by atoms with Crippen LogP contribution in [0.1, 0.15) is 46.2 Å². The number of aromatic amines is 1. The van der Waals surface area contributed by atoms with Gasteiger partial charge in [-0.25, -0.2) is 0 Å². The normalized spacial score (nSPS) is 24.4. The zero-order chi connectivity index (χ0) is 17.6. The number of fused-ring (bicyclic) bond motifs is 1. The molecule has 1 aliphatic carbocycles. The monoisotopic (exact) mass is 344 g/mol. The van der Waals surface area contributed by atoms with Crippen LogP contribution in [0, 0.1) is 5.92 Å². The van der Waals surface area contributed by atoms with Crippen molar-refractivity contribution in [1.29, 1.82) is 0 Å². The second-order valence-corrected chi connectivity index (χ2v) is 7.30. The number of likely N-dealkylation sites (N-methyl/N-ethyl adjacent to an activating group) is 1. The molecule has 0 unspecified atom stereocenters. The van der Waals surface area contributed by atoms with Crippen LogP contribution < -0.4 is 5.32 Å². The highest BCUT2D eigenvalue weighted by atomic mass is 16.3. The molecular weight excluding hydrogens is 320 g/mol. The molecule has 0 bridgehead atoms. The van der Waals surface area contributed by atoms with Gasteiger partial charge < -0.3 is 15.3 Å². The van der Waals surface area contributed by atoms with E-state index in [1.54, 1.807) is 10.9 Å². The van der Waals surface area contributed by atoms with Gasteiger partial charge in [0.15, 0.2) is 5.69 Å². The Morgan fingerprint density at radius 2 is 2.24 bits per heavy atom. The number of aromatic nitrogens is 4. The molecule has 0 aromatic carbocycles. The Balaban J connectivity index is 1.56. The number of aliphatic hydroxyl groups is 1. The third-order valence-corrected chi connectivity index (χ3v) is 5.33. The molecule has 25 heavy (non-hydrogen) atoms. The van der Waals surface area contributed by atoms with Crippen molar-refractivity contribution in [2.45, 2.75) is 38.0 Å². The van der Waals surface area contributed by atoms with Crippen LogP contribution in [0.2, 0.25) is 0 Å². The predicted octanol–water partition coefficient (Wildman–Crippen LogP) is 0.373. The molecule has 1 atom stereocenters. The van der Waals surface area contributed by atoms with E-state index in [4.69, 9.17) is 0 Å². The van der Waals surface area contributed by atoms with Crippen LogP contribution in [0.5, 0.6) is 0 Å². The Morgan fingerprint density at radius 3 is 2.92 bits per heavy atom. The van der Waals surface area contributed by atoms with E-state index in [0.717, 1.165) is 36.3 Å². The fourth-order valence-electron chi connectivity index (χ4n) is 3.80. The highest BCUT2D eigenvalue weighted by Crippen LogP contribution is 2.38. The second kappa shape index (κ2) is 6.27. The lowest BCUT2D eigenvalue weighted by Crippen LogP contribution is -2.41. The van der Waals surface area contributed by atoms with Crippen molar-refractivity contribution in [3.63, 3.8) is 0 Å². The van der Waals surface area contributed by atoms with E-state index in [2.05, 4.69) is 25.5 Å². The Hall–Kier alpha value is -2.19. The van der Waals surface area contributed by atoms with Crippen molar-refractivity contribution in [1.82, 2.24) is 30.2 Å². The topological polar surface area (TPSA) is 99.1 Å². The molecule has 2 aromatic rings. The van der Waals surface area contributed by atoms with Gasteiger partial charge >= 0.3 is 0 Å². The zero-order valence-electron chi connectivity index (χ0n) is 14.6. The molecule has 2 aromatic heterocycles. The largest absolute Gasteiger partial charge is 0.393 e. The number of H-pyrrole nitrogens is 1. The van der Waals surface area contributed by atoms with Gasteiger partial charge in [-0.1, -0.05) is 0 Å². The average molecular weight is 344 g/mol. The van der Waals surface area contributed by atoms with E-state index in [0.29, 0.717) is 18.5 Å². The van der Waals surface area contributed by atoms with Gasteiger partial charge in [0.2, 0.25) is 0 Å². The second-order valence-electron chi connectivity index (χ2n) is 7.30. The highest BCUT2D eigenvalue weighted by molar-refractivity contribution is 5.94. The summed E-state index contributed by atoms with van der Waals surface area (Å²) in [5.74, 6) is 0.0589. The van der Waals surface area contributed by atoms with Gasteiger partial charge in [0.1, 0.15) is 0 Å². The van der Waals surface area contributed by atoms with Crippen molar-refractivity contribution < 1.29 is 9.90 Å². The third kappa shape index (κ3) is 3.07. The molecule has 1 saturated carbocycles. The molecule has 2 aliphatic rings. The minimum atomic E-state index is -0.270. The predicted molar refractivity (Wildman–Crippen MR) is 90.8 cm³/mol. The fraction of sp³-hybridized carbons (Fsp3) is 0.588. The SMILES string of the molecule is CN1CCc2[nH]nc(C(=O)N[C@H](c3cnn(C)c3)C3CC(O)C3)c2C1. The van der Waals surface area contributed by atoms with Crippen molar-refractivity contribution in [2.24, 2.45) is 13.0 Å². The van der Waals surface area contributed by atoms with E-state index < -0.39 is 0 Å². The Kier molecular flexibility index (Phi) is 4.09. The number of aryl methyl sites for hydroxylation is 1. The van der Waals surface area contributed by atoms with Gasteiger partial charge in [0, 0.05) is 49.6 Å². The van der Waals surface area contributed by atoms with Crippen molar-refractivity contribution in [3.05, 3.63) is 34.9 Å². The minimum absolute atomic E-state index is 0.154. The summed E-state index contributed by atoms with van der Waals surface area (Å²) in [4.78, 5) is 15.1. The zero-order valence-corrected chi connectivity index (χ0v) is 14.6. The van der Waals surface area contributed by atoms with Gasteiger partial charge in [-0.05, 0) is 25.8 Å². The Labute approximate surface area is 146 Å². The van der Waals surface area contributed by atoms with Gasteiger partial charge in [0.25, 0.3) is 5.91 Å². The summed E-state index contributed by atoms with van der Waals surface area (Å²) in [7, 11) is 3.91. The molecule has 0 spiro atoms. The number of rotatable bonds is 4. The number of hydrogen-bond donors (Lipinski definition) is 3. The first kappa shape index (κ1) is 16.3. The molecule has 1 aliphatic heterocycles. The smallest absolute Gasteiger partial charge is 0.272 e. The quantitative estimate of drug-likeness (QED) is 0.744. The maximum atomic E-state index is 12.9. The summed E-state index contributed by atoms with van der Waals surface area (Å²) < 4.78 is 1.73. The van der Waals surface area contributed by atoms with Gasteiger partial charge in [-0.15, -0.1) is 0 Å². The highest BCUT2D eigenvalue weighted by Gasteiger charge is 2.37. The summed E-state index contributed by atoms with van der Waals surface area (Å²) >= 11 is 0. The third-order valence-electron chi connectivity index (χ3n) is 5.33. The maximum Gasteiger partial charge on any atom is 0.272 e. The van der Waals surface area contributed by atoms with E-state index >= 15 is 0 Å². The van der Waals surface area contributed by atoms with Gasteiger partial charge in [0.05, 0.1) is 18.3 Å². The molecule has 1 amide bonds. The number of hydrogen-bond acceptors (Lipinski definition) is 5. The Bertz CT molecular complexity index is 776. The number of carbonyl (C=O) groups excluding carboxylic acids is 1. The van der Waals surface area contributed by atoms with Crippen LogP contribution in [-0.2, 0) is 20.0 Å². The minimum Gasteiger partial charge on any atom is -0.393 e. The molecule has 0 saturated heterocycles. The van der Waals surface area contributed by atoms with Crippen LogP contribution in [0.25, 0.3) is 0 Å². The van der Waals surface area contributed by atoms with Gasteiger partial charge in [-0.3, -0.25) is 14.6 Å². The van der Waals surface area contributed by atoms with Crippen LogP contribution in [-0.4, -0.2) is 55.6 Å². The molecular formula is C17H24N6O2. The summed E-state index contributed by atoms with van der Waals surface area (Å²) in [6, 6.07) is -0.154. The summed E-state index contributed by atoms with van der Waals surface area (Å²) in [5, 5.41) is 24.3. The number of nitrogens with one attached hydrogen (secondary N) is 2. The molecule has 134 valence electrons. The van der Waals surface area contributed by atoms with Gasteiger partial charge in [-0.2, -0.15) is 10.2 Å². The van der Waals surface area contributed by atoms with Crippen molar-refractivity contribution >= 4 is 5.91 Å². The Morgan fingerprint density at radius 1 is 1.44 bits per heavy atom. The first-order valence-corrected chi connectivity index (χ1v) is 8.73. The van der Waals surface area contributed by atoms with Crippen LogP contribution in [0.15, 0.2) is 12.4 Å². The molecule has 1 fully saturated rings. The summed E-state index contributed by atoms with van der Waals surface area (Å²) in [6.07, 6.45) is 5.70. The first-order chi connectivity index (χ1) is 12.0. The van der Waals surface area contributed by atoms with Crippen LogP contribution >= 0.6 is 0 Å². The lowest BCUT2D eigenvalue weighted by molar-refractivity contribution is 0.0234. The maximum absolute atomic E-state index is 12.9. The summed E-state index contributed by atoms with van der Waals surface area (Å²) in [6.45, 7) is 1.70. The number of nitrogens with zero attached hydrogens (tertiary/aromatic N) is 4. The molecule has 3 N–H and O–H groups in total. The average Bonchev–Trinajstić information content (AvgIpc) is 3.15. The van der Waals surface area contributed by atoms with E-state index in [-0.39, 0.29) is 24.0 Å². The van der Waals surface area contributed by atoms with Crippen molar-refractivity contribution in [3.8, 4) is 0 Å². The molecule has 8 nitrogen and oxygen atoms in total.